The molecule has 8 heteroatoms. The fraction of sp³-hybridized carbons (Fsp3) is 0.480. The minimum atomic E-state index is -1.14. The summed E-state index contributed by atoms with van der Waals surface area (Å²) in [7, 11) is 0. The number of carbonyl (C=O) groups excluding carboxylic acids is 1. The number of amides is 1. The highest BCUT2D eigenvalue weighted by Crippen LogP contribution is 2.34. The van der Waals surface area contributed by atoms with E-state index in [9.17, 15) is 19.1 Å². The van der Waals surface area contributed by atoms with E-state index in [0.717, 1.165) is 62.6 Å². The third-order valence-corrected chi connectivity index (χ3v) is 6.40. The van der Waals surface area contributed by atoms with E-state index >= 15 is 0 Å². The van der Waals surface area contributed by atoms with Crippen molar-refractivity contribution in [1.29, 1.82) is 0 Å². The van der Waals surface area contributed by atoms with Crippen molar-refractivity contribution in [2.75, 3.05) is 18.5 Å². The molecule has 2 aliphatic rings. The van der Waals surface area contributed by atoms with Crippen LogP contribution >= 0.6 is 0 Å². The lowest BCUT2D eigenvalue weighted by atomic mass is 9.79. The van der Waals surface area contributed by atoms with E-state index < -0.39 is 23.7 Å². The average molecular weight is 456 g/mol. The van der Waals surface area contributed by atoms with Crippen LogP contribution in [0, 0.1) is 11.7 Å². The summed E-state index contributed by atoms with van der Waals surface area (Å²) in [6.07, 6.45) is 6.45. The number of pyridine rings is 1. The smallest absolute Gasteiger partial charge is 0.326 e. The first kappa shape index (κ1) is 23.2. The Morgan fingerprint density at radius 1 is 1.27 bits per heavy atom. The maximum Gasteiger partial charge on any atom is 0.326 e. The van der Waals surface area contributed by atoms with E-state index in [1.54, 1.807) is 0 Å². The van der Waals surface area contributed by atoms with Crippen LogP contribution in [-0.2, 0) is 22.4 Å². The number of hydrogen-bond acceptors (Lipinski definition) is 5. The second-order valence-electron chi connectivity index (χ2n) is 8.87. The number of ether oxygens (including phenoxy) is 1. The molecular formula is C25H30FN3O4. The van der Waals surface area contributed by atoms with Gasteiger partial charge in [-0.1, -0.05) is 12.1 Å². The number of anilines is 1. The van der Waals surface area contributed by atoms with E-state index in [-0.39, 0.29) is 24.7 Å². The van der Waals surface area contributed by atoms with E-state index in [0.29, 0.717) is 5.92 Å². The summed E-state index contributed by atoms with van der Waals surface area (Å²) >= 11 is 0. The topological polar surface area (TPSA) is 101 Å². The molecule has 0 saturated heterocycles. The third kappa shape index (κ3) is 6.28. The summed E-state index contributed by atoms with van der Waals surface area (Å²) in [4.78, 5) is 28.4. The van der Waals surface area contributed by atoms with Crippen LogP contribution in [0.1, 0.15) is 53.7 Å². The van der Waals surface area contributed by atoms with Crippen molar-refractivity contribution in [2.45, 2.75) is 57.1 Å². The van der Waals surface area contributed by atoms with Gasteiger partial charge in [0, 0.05) is 30.8 Å². The molecule has 0 spiro atoms. The summed E-state index contributed by atoms with van der Waals surface area (Å²) in [5, 5.41) is 15.2. The summed E-state index contributed by atoms with van der Waals surface area (Å²) in [6, 6.07) is 8.39. The number of halogens is 1. The largest absolute Gasteiger partial charge is 0.480 e. The van der Waals surface area contributed by atoms with Gasteiger partial charge in [-0.2, -0.15) is 0 Å². The van der Waals surface area contributed by atoms with Gasteiger partial charge in [0.1, 0.15) is 17.7 Å². The molecule has 1 aromatic heterocycles. The molecule has 0 radical (unpaired) electrons. The van der Waals surface area contributed by atoms with Crippen molar-refractivity contribution < 1.29 is 23.8 Å². The molecule has 1 atom stereocenters. The molecule has 4 rings (SSSR count). The van der Waals surface area contributed by atoms with E-state index in [4.69, 9.17) is 9.72 Å². The molecule has 33 heavy (non-hydrogen) atoms. The molecule has 1 aliphatic heterocycles. The van der Waals surface area contributed by atoms with Crippen molar-refractivity contribution in [3.63, 3.8) is 0 Å². The maximum atomic E-state index is 13.3. The van der Waals surface area contributed by atoms with Crippen LogP contribution in [0.15, 0.2) is 36.4 Å². The molecule has 1 amide bonds. The molecule has 176 valence electrons. The molecule has 1 aliphatic carbocycles. The Morgan fingerprint density at radius 3 is 2.91 bits per heavy atom. The van der Waals surface area contributed by atoms with Crippen molar-refractivity contribution >= 4 is 17.7 Å². The first-order chi connectivity index (χ1) is 16.0. The van der Waals surface area contributed by atoms with Gasteiger partial charge < -0.3 is 20.5 Å². The molecular weight excluding hydrogens is 425 g/mol. The summed E-state index contributed by atoms with van der Waals surface area (Å²) in [6.45, 7) is 1.23. The normalized spacial score (nSPS) is 20.2. The van der Waals surface area contributed by atoms with Crippen LogP contribution < -0.4 is 10.6 Å². The van der Waals surface area contributed by atoms with Gasteiger partial charge in [0.25, 0.3) is 5.91 Å². The first-order valence-electron chi connectivity index (χ1n) is 11.6. The summed E-state index contributed by atoms with van der Waals surface area (Å²) in [5.41, 5.74) is 2.51. The van der Waals surface area contributed by atoms with Crippen LogP contribution in [-0.4, -0.2) is 47.3 Å². The van der Waals surface area contributed by atoms with Crippen LogP contribution in [0.3, 0.4) is 0 Å². The van der Waals surface area contributed by atoms with Gasteiger partial charge in [-0.3, -0.25) is 4.79 Å². The zero-order valence-corrected chi connectivity index (χ0v) is 18.6. The Hall–Kier alpha value is -3.00. The SMILES string of the molecule is O=C(NC(CCOC1CC(CCc2ccc3c(n2)NCCC3)C1)C(=O)O)c1cccc(F)c1. The van der Waals surface area contributed by atoms with Gasteiger partial charge in [0.15, 0.2) is 0 Å². The Balaban J connectivity index is 1.14. The highest BCUT2D eigenvalue weighted by Gasteiger charge is 2.30. The van der Waals surface area contributed by atoms with Gasteiger partial charge in [0.2, 0.25) is 0 Å². The van der Waals surface area contributed by atoms with Crippen LogP contribution in [0.2, 0.25) is 0 Å². The second-order valence-corrected chi connectivity index (χ2v) is 8.87. The number of hydrogen-bond donors (Lipinski definition) is 3. The monoisotopic (exact) mass is 455 g/mol. The number of aryl methyl sites for hydroxylation is 2. The minimum absolute atomic E-state index is 0.0909. The Kier molecular flexibility index (Phi) is 7.54. The predicted octanol–water partition coefficient (Wildman–Crippen LogP) is 3.58. The van der Waals surface area contributed by atoms with Gasteiger partial charge in [-0.15, -0.1) is 0 Å². The fourth-order valence-corrected chi connectivity index (χ4v) is 4.39. The number of aromatic nitrogens is 1. The van der Waals surface area contributed by atoms with Crippen molar-refractivity contribution in [3.8, 4) is 0 Å². The fourth-order valence-electron chi connectivity index (χ4n) is 4.39. The molecule has 1 aromatic carbocycles. The number of nitrogens with one attached hydrogen (secondary N) is 2. The molecule has 2 heterocycles. The number of rotatable bonds is 10. The number of carboxylic acid groups (broad SMARTS) is 1. The molecule has 7 nitrogen and oxygen atoms in total. The van der Waals surface area contributed by atoms with Gasteiger partial charge >= 0.3 is 5.97 Å². The Bertz CT molecular complexity index is 993. The van der Waals surface area contributed by atoms with Gasteiger partial charge in [-0.05, 0) is 74.3 Å². The van der Waals surface area contributed by atoms with Crippen molar-refractivity contribution in [3.05, 3.63) is 59.0 Å². The Labute approximate surface area is 192 Å². The number of benzene rings is 1. The zero-order chi connectivity index (χ0) is 23.2. The lowest BCUT2D eigenvalue weighted by molar-refractivity contribution is -0.140. The summed E-state index contributed by atoms with van der Waals surface area (Å²) < 4.78 is 19.1. The van der Waals surface area contributed by atoms with Gasteiger partial charge in [0.05, 0.1) is 6.10 Å². The Morgan fingerprint density at radius 2 is 2.12 bits per heavy atom. The molecule has 1 unspecified atom stereocenters. The first-order valence-corrected chi connectivity index (χ1v) is 11.6. The molecule has 1 saturated carbocycles. The zero-order valence-electron chi connectivity index (χ0n) is 18.6. The third-order valence-electron chi connectivity index (χ3n) is 6.40. The molecule has 0 bridgehead atoms. The lowest BCUT2D eigenvalue weighted by Gasteiger charge is -2.35. The standard InChI is InChI=1S/C25H30FN3O4/c26-19-5-1-3-18(15-19)24(30)29-22(25(31)32)10-12-33-21-13-16(14-21)6-8-20-9-7-17-4-2-11-27-23(17)28-20/h1,3,5,7,9,15-16,21-22H,2,4,6,8,10-14H2,(H,27,28)(H,29,30)(H,31,32). The summed E-state index contributed by atoms with van der Waals surface area (Å²) in [5.74, 6) is -0.676. The number of carboxylic acids is 1. The molecule has 2 aromatic rings. The minimum Gasteiger partial charge on any atom is -0.480 e. The number of aliphatic carboxylic acids is 1. The number of fused-ring (bicyclic) bond motifs is 1. The van der Waals surface area contributed by atoms with Crippen molar-refractivity contribution in [1.82, 2.24) is 10.3 Å². The second kappa shape index (κ2) is 10.7. The highest BCUT2D eigenvalue weighted by atomic mass is 19.1. The van der Waals surface area contributed by atoms with Crippen LogP contribution in [0.25, 0.3) is 0 Å². The van der Waals surface area contributed by atoms with Crippen LogP contribution in [0.4, 0.5) is 10.2 Å². The number of nitrogens with zero attached hydrogens (tertiary/aromatic N) is 1. The highest BCUT2D eigenvalue weighted by molar-refractivity contribution is 5.96. The average Bonchev–Trinajstić information content (AvgIpc) is 2.78. The van der Waals surface area contributed by atoms with Crippen molar-refractivity contribution in [2.24, 2.45) is 5.92 Å². The van der Waals surface area contributed by atoms with Gasteiger partial charge in [-0.25, -0.2) is 14.2 Å². The maximum absolute atomic E-state index is 13.3. The number of carbonyl (C=O) groups is 2. The van der Waals surface area contributed by atoms with E-state index in [2.05, 4.69) is 22.8 Å². The van der Waals surface area contributed by atoms with E-state index in [1.807, 2.05) is 0 Å². The van der Waals surface area contributed by atoms with Crippen LogP contribution in [0.5, 0.6) is 0 Å². The molecule has 1 fully saturated rings. The molecule has 3 N–H and O–H groups in total. The quantitative estimate of drug-likeness (QED) is 0.506. The lowest BCUT2D eigenvalue weighted by Crippen LogP contribution is -2.42. The predicted molar refractivity (Wildman–Crippen MR) is 122 cm³/mol. The van der Waals surface area contributed by atoms with E-state index in [1.165, 1.54) is 23.8 Å².